The molecule has 0 bridgehead atoms. The van der Waals surface area contributed by atoms with Gasteiger partial charge in [-0.2, -0.15) is 5.10 Å². The van der Waals surface area contributed by atoms with Gasteiger partial charge in [-0.25, -0.2) is 9.78 Å². The molecular formula is C20H28N6O2. The van der Waals surface area contributed by atoms with Crippen LogP contribution < -0.4 is 5.32 Å². The fraction of sp³-hybridized carbons (Fsp3) is 0.500. The van der Waals surface area contributed by atoms with Gasteiger partial charge in [-0.05, 0) is 18.9 Å². The Hall–Kier alpha value is -2.90. The lowest BCUT2D eigenvalue weighted by Crippen LogP contribution is -2.44. The van der Waals surface area contributed by atoms with E-state index in [4.69, 9.17) is 0 Å². The number of urea groups is 1. The average molecular weight is 384 g/mol. The molecule has 2 heterocycles. The molecule has 0 saturated carbocycles. The van der Waals surface area contributed by atoms with E-state index in [1.54, 1.807) is 4.90 Å². The zero-order valence-electron chi connectivity index (χ0n) is 16.7. The first-order chi connectivity index (χ1) is 13.5. The van der Waals surface area contributed by atoms with Crippen LogP contribution in [0.3, 0.4) is 0 Å². The van der Waals surface area contributed by atoms with E-state index < -0.39 is 0 Å². The smallest absolute Gasteiger partial charge is 0.317 e. The maximum Gasteiger partial charge on any atom is 0.317 e. The highest BCUT2D eigenvalue weighted by Crippen LogP contribution is 2.24. The summed E-state index contributed by atoms with van der Waals surface area (Å²) in [6, 6.07) is 9.30. The molecule has 0 aliphatic carbocycles. The molecule has 0 spiro atoms. The molecule has 1 unspecified atom stereocenters. The number of nitrogens with zero attached hydrogens (tertiary/aromatic N) is 4. The van der Waals surface area contributed by atoms with Gasteiger partial charge in [-0.3, -0.25) is 9.89 Å². The van der Waals surface area contributed by atoms with E-state index in [0.29, 0.717) is 37.8 Å². The van der Waals surface area contributed by atoms with Crippen LogP contribution in [0, 0.1) is 12.8 Å². The molecule has 8 nitrogen and oxygen atoms in total. The molecule has 3 rings (SSSR count). The lowest BCUT2D eigenvalue weighted by molar-refractivity contribution is -0.137. The Kier molecular flexibility index (Phi) is 6.28. The number of aromatic nitrogens is 3. The van der Waals surface area contributed by atoms with E-state index in [1.165, 1.54) is 0 Å². The summed E-state index contributed by atoms with van der Waals surface area (Å²) in [5, 5.41) is 10.1. The van der Waals surface area contributed by atoms with Crippen LogP contribution in [0.4, 0.5) is 4.79 Å². The van der Waals surface area contributed by atoms with Gasteiger partial charge in [0.05, 0.1) is 6.54 Å². The summed E-state index contributed by atoms with van der Waals surface area (Å²) in [7, 11) is 0. The van der Waals surface area contributed by atoms with Crippen LogP contribution in [0.1, 0.15) is 43.5 Å². The van der Waals surface area contributed by atoms with Crippen molar-refractivity contribution in [2.24, 2.45) is 5.92 Å². The van der Waals surface area contributed by atoms with Crippen LogP contribution in [0.5, 0.6) is 0 Å². The van der Waals surface area contributed by atoms with Gasteiger partial charge in [0.2, 0.25) is 5.91 Å². The number of aromatic amines is 1. The normalized spacial score (nSPS) is 17.5. The number of hydrogen-bond donors (Lipinski definition) is 2. The second-order valence-corrected chi connectivity index (χ2v) is 7.43. The number of H-pyrrole nitrogens is 1. The number of amides is 3. The minimum Gasteiger partial charge on any atom is -0.334 e. The average Bonchev–Trinajstić information content (AvgIpc) is 3.00. The van der Waals surface area contributed by atoms with Gasteiger partial charge < -0.3 is 15.1 Å². The van der Waals surface area contributed by atoms with E-state index in [2.05, 4.69) is 20.5 Å². The molecule has 1 aromatic carbocycles. The fourth-order valence-electron chi connectivity index (χ4n) is 3.38. The summed E-state index contributed by atoms with van der Waals surface area (Å²) in [6.45, 7) is 7.60. The minimum atomic E-state index is -0.357. The lowest BCUT2D eigenvalue weighted by Gasteiger charge is -2.31. The van der Waals surface area contributed by atoms with Crippen LogP contribution in [0.15, 0.2) is 30.3 Å². The minimum absolute atomic E-state index is 0.0546. The Balaban J connectivity index is 1.75. The molecule has 0 radical (unpaired) electrons. The molecule has 1 atom stereocenters. The number of carbonyl (C=O) groups excluding carboxylic acids is 2. The van der Waals surface area contributed by atoms with E-state index in [-0.39, 0.29) is 23.9 Å². The van der Waals surface area contributed by atoms with E-state index in [1.807, 2.05) is 56.0 Å². The molecule has 2 N–H and O–H groups in total. The van der Waals surface area contributed by atoms with Crippen LogP contribution in [0.25, 0.3) is 0 Å². The number of benzene rings is 1. The standard InChI is InChI=1S/C20H28N6O2/c1-14(2)19(27)26-11-7-10-25(13-17(26)18-22-15(3)23-24-18)20(28)21-12-16-8-5-4-6-9-16/h4-6,8-9,14,17H,7,10-13H2,1-3H3,(H,21,28)(H,22,23,24). The highest BCUT2D eigenvalue weighted by atomic mass is 16.2. The Labute approximate surface area is 165 Å². The molecule has 1 saturated heterocycles. The molecule has 1 aliphatic rings. The SMILES string of the molecule is Cc1nc(C2CN(C(=O)NCc3ccccc3)CCCN2C(=O)C(C)C)n[nH]1. The molecule has 8 heteroatoms. The Morgan fingerprint density at radius 2 is 2.00 bits per heavy atom. The number of rotatable bonds is 4. The predicted molar refractivity (Wildman–Crippen MR) is 105 cm³/mol. The van der Waals surface area contributed by atoms with Crippen LogP contribution >= 0.6 is 0 Å². The highest BCUT2D eigenvalue weighted by molar-refractivity contribution is 5.79. The molecule has 1 aromatic heterocycles. The summed E-state index contributed by atoms with van der Waals surface area (Å²) in [5.74, 6) is 1.17. The number of carbonyl (C=O) groups is 2. The predicted octanol–water partition coefficient (Wildman–Crippen LogP) is 2.25. The topological polar surface area (TPSA) is 94.2 Å². The summed E-state index contributed by atoms with van der Waals surface area (Å²) >= 11 is 0. The van der Waals surface area contributed by atoms with Gasteiger partial charge >= 0.3 is 6.03 Å². The van der Waals surface area contributed by atoms with Crippen molar-refractivity contribution in [2.45, 2.75) is 39.8 Å². The second kappa shape index (κ2) is 8.86. The molecule has 3 amide bonds. The van der Waals surface area contributed by atoms with Gasteiger partial charge in [0.25, 0.3) is 0 Å². The third-order valence-corrected chi connectivity index (χ3v) is 4.86. The molecule has 1 fully saturated rings. The number of hydrogen-bond acceptors (Lipinski definition) is 4. The van der Waals surface area contributed by atoms with E-state index in [9.17, 15) is 9.59 Å². The monoisotopic (exact) mass is 384 g/mol. The van der Waals surface area contributed by atoms with Crippen molar-refractivity contribution in [1.29, 1.82) is 0 Å². The highest BCUT2D eigenvalue weighted by Gasteiger charge is 2.34. The summed E-state index contributed by atoms with van der Waals surface area (Å²) < 4.78 is 0. The van der Waals surface area contributed by atoms with Gasteiger partial charge in [0.1, 0.15) is 11.9 Å². The Morgan fingerprint density at radius 1 is 1.25 bits per heavy atom. The lowest BCUT2D eigenvalue weighted by atomic mass is 10.1. The van der Waals surface area contributed by atoms with Gasteiger partial charge in [0, 0.05) is 25.6 Å². The molecular weight excluding hydrogens is 356 g/mol. The zero-order chi connectivity index (χ0) is 20.1. The van der Waals surface area contributed by atoms with Gasteiger partial charge in [-0.1, -0.05) is 44.2 Å². The quantitative estimate of drug-likeness (QED) is 0.845. The van der Waals surface area contributed by atoms with Crippen LogP contribution in [0.2, 0.25) is 0 Å². The first-order valence-corrected chi connectivity index (χ1v) is 9.71. The van der Waals surface area contributed by atoms with Gasteiger partial charge in [-0.15, -0.1) is 0 Å². The first kappa shape index (κ1) is 19.9. The molecule has 2 aromatic rings. The third-order valence-electron chi connectivity index (χ3n) is 4.86. The Morgan fingerprint density at radius 3 is 2.64 bits per heavy atom. The maximum atomic E-state index is 12.8. The van der Waals surface area contributed by atoms with Crippen LogP contribution in [-0.4, -0.2) is 56.6 Å². The second-order valence-electron chi connectivity index (χ2n) is 7.43. The van der Waals surface area contributed by atoms with E-state index in [0.717, 1.165) is 12.0 Å². The third kappa shape index (κ3) is 4.68. The van der Waals surface area contributed by atoms with Crippen molar-refractivity contribution < 1.29 is 9.59 Å². The summed E-state index contributed by atoms with van der Waals surface area (Å²) in [5.41, 5.74) is 1.04. The summed E-state index contributed by atoms with van der Waals surface area (Å²) in [6.07, 6.45) is 0.719. The first-order valence-electron chi connectivity index (χ1n) is 9.71. The van der Waals surface area contributed by atoms with Crippen molar-refractivity contribution >= 4 is 11.9 Å². The molecule has 28 heavy (non-hydrogen) atoms. The van der Waals surface area contributed by atoms with E-state index >= 15 is 0 Å². The molecule has 1 aliphatic heterocycles. The van der Waals surface area contributed by atoms with Crippen molar-refractivity contribution in [3.63, 3.8) is 0 Å². The van der Waals surface area contributed by atoms with Gasteiger partial charge in [0.15, 0.2) is 5.82 Å². The van der Waals surface area contributed by atoms with Crippen LogP contribution in [-0.2, 0) is 11.3 Å². The maximum absolute atomic E-state index is 12.8. The van der Waals surface area contributed by atoms with Crippen molar-refractivity contribution in [2.75, 3.05) is 19.6 Å². The fourth-order valence-corrected chi connectivity index (χ4v) is 3.38. The Bertz CT molecular complexity index is 804. The van der Waals surface area contributed by atoms with Crippen molar-refractivity contribution in [1.82, 2.24) is 30.3 Å². The largest absolute Gasteiger partial charge is 0.334 e. The van der Waals surface area contributed by atoms with Crippen molar-refractivity contribution in [3.8, 4) is 0 Å². The zero-order valence-corrected chi connectivity index (χ0v) is 16.7. The molecule has 150 valence electrons. The number of aryl methyl sites for hydroxylation is 1. The summed E-state index contributed by atoms with van der Waals surface area (Å²) in [4.78, 5) is 33.6. The number of nitrogens with one attached hydrogen (secondary N) is 2. The van der Waals surface area contributed by atoms with Crippen molar-refractivity contribution in [3.05, 3.63) is 47.5 Å².